The molecule has 11 heteroatoms. The molecule has 130 valence electrons. The highest BCUT2D eigenvalue weighted by Gasteiger charge is 2.44. The van der Waals surface area contributed by atoms with E-state index < -0.39 is 29.5 Å². The molecule has 2 aromatic heterocycles. The van der Waals surface area contributed by atoms with Gasteiger partial charge in [-0.2, -0.15) is 13.2 Å². The summed E-state index contributed by atoms with van der Waals surface area (Å²) in [6.45, 7) is 4.44. The zero-order chi connectivity index (χ0) is 18.1. The summed E-state index contributed by atoms with van der Waals surface area (Å²) >= 11 is 0. The average Bonchev–Trinajstić information content (AvgIpc) is 2.85. The Hall–Kier alpha value is -2.72. The van der Waals surface area contributed by atoms with Crippen molar-refractivity contribution in [1.82, 2.24) is 25.5 Å². The Morgan fingerprint density at radius 2 is 1.96 bits per heavy atom. The minimum Gasteiger partial charge on any atom is -0.334 e. The summed E-state index contributed by atoms with van der Waals surface area (Å²) in [6.07, 6.45) is -3.71. The number of alkyl halides is 3. The molecule has 8 nitrogen and oxygen atoms in total. The van der Waals surface area contributed by atoms with Crippen molar-refractivity contribution in [3.63, 3.8) is 0 Å². The van der Waals surface area contributed by atoms with E-state index in [9.17, 15) is 22.8 Å². The summed E-state index contributed by atoms with van der Waals surface area (Å²) in [6, 6.07) is 1.59. The summed E-state index contributed by atoms with van der Waals surface area (Å²) < 4.78 is 37.3. The van der Waals surface area contributed by atoms with Crippen molar-refractivity contribution in [2.45, 2.75) is 33.0 Å². The van der Waals surface area contributed by atoms with Crippen molar-refractivity contribution in [1.29, 1.82) is 0 Å². The summed E-state index contributed by atoms with van der Waals surface area (Å²) in [5.41, 5.74) is -0.598. The van der Waals surface area contributed by atoms with Crippen molar-refractivity contribution in [3.05, 3.63) is 18.3 Å². The third-order valence-electron chi connectivity index (χ3n) is 2.99. The van der Waals surface area contributed by atoms with Gasteiger partial charge in [0.1, 0.15) is 11.6 Å². The van der Waals surface area contributed by atoms with E-state index in [0.29, 0.717) is 10.4 Å². The quantitative estimate of drug-likeness (QED) is 0.829. The molecule has 2 rings (SSSR count). The SMILES string of the molecule is CC(C)(C)[C@H](NC(=O)C(F)(F)F)C(=O)On1nnc2cccnc21. The third-order valence-corrected chi connectivity index (χ3v) is 2.99. The van der Waals surface area contributed by atoms with Crippen LogP contribution in [-0.4, -0.2) is 44.2 Å². The van der Waals surface area contributed by atoms with Crippen molar-refractivity contribution in [3.8, 4) is 0 Å². The van der Waals surface area contributed by atoms with Gasteiger partial charge in [-0.3, -0.25) is 4.79 Å². The molecule has 0 radical (unpaired) electrons. The first-order valence-electron chi connectivity index (χ1n) is 6.76. The Balaban J connectivity index is 2.24. The Morgan fingerprint density at radius 1 is 1.29 bits per heavy atom. The van der Waals surface area contributed by atoms with E-state index in [2.05, 4.69) is 15.3 Å². The second-order valence-corrected chi connectivity index (χ2v) is 5.99. The lowest BCUT2D eigenvalue weighted by Gasteiger charge is -2.29. The van der Waals surface area contributed by atoms with Crippen LogP contribution in [0.25, 0.3) is 11.2 Å². The van der Waals surface area contributed by atoms with Crippen LogP contribution < -0.4 is 10.2 Å². The van der Waals surface area contributed by atoms with Gasteiger partial charge in [-0.25, -0.2) is 9.78 Å². The Morgan fingerprint density at radius 3 is 2.54 bits per heavy atom. The molecule has 1 N–H and O–H groups in total. The number of nitrogens with zero attached hydrogens (tertiary/aromatic N) is 4. The highest BCUT2D eigenvalue weighted by Crippen LogP contribution is 2.22. The van der Waals surface area contributed by atoms with E-state index in [1.54, 1.807) is 17.4 Å². The molecule has 0 aliphatic rings. The number of nitrogens with one attached hydrogen (secondary N) is 1. The summed E-state index contributed by atoms with van der Waals surface area (Å²) in [7, 11) is 0. The molecule has 0 saturated heterocycles. The third kappa shape index (κ3) is 3.78. The van der Waals surface area contributed by atoms with Gasteiger partial charge in [-0.1, -0.05) is 20.8 Å². The zero-order valence-corrected chi connectivity index (χ0v) is 13.0. The fourth-order valence-corrected chi connectivity index (χ4v) is 1.79. The molecule has 0 aliphatic heterocycles. The predicted octanol–water partition coefficient (Wildman–Crippen LogP) is 0.875. The lowest BCUT2D eigenvalue weighted by atomic mass is 9.87. The molecule has 2 aromatic rings. The molecule has 2 heterocycles. The number of hydrogen-bond acceptors (Lipinski definition) is 6. The number of aromatic nitrogens is 4. The maximum atomic E-state index is 12.4. The van der Waals surface area contributed by atoms with Crippen LogP contribution >= 0.6 is 0 Å². The van der Waals surface area contributed by atoms with Gasteiger partial charge < -0.3 is 10.2 Å². The van der Waals surface area contributed by atoms with Crippen molar-refractivity contribution < 1.29 is 27.6 Å². The van der Waals surface area contributed by atoms with Crippen LogP contribution in [0.15, 0.2) is 18.3 Å². The summed E-state index contributed by atoms with van der Waals surface area (Å²) in [5, 5.41) is 8.89. The predicted molar refractivity (Wildman–Crippen MR) is 74.4 cm³/mol. The fourth-order valence-electron chi connectivity index (χ4n) is 1.79. The molecule has 0 fully saturated rings. The van der Waals surface area contributed by atoms with Gasteiger partial charge in [0.2, 0.25) is 5.65 Å². The van der Waals surface area contributed by atoms with E-state index in [4.69, 9.17) is 4.84 Å². The summed E-state index contributed by atoms with van der Waals surface area (Å²) in [5.74, 6) is -3.36. The maximum absolute atomic E-state index is 12.4. The number of amides is 1. The largest absolute Gasteiger partial charge is 0.471 e. The van der Waals surface area contributed by atoms with Gasteiger partial charge >= 0.3 is 18.1 Å². The Kier molecular flexibility index (Phi) is 4.45. The van der Waals surface area contributed by atoms with Crippen molar-refractivity contribution >= 4 is 23.0 Å². The Labute approximate surface area is 133 Å². The van der Waals surface area contributed by atoms with Crippen LogP contribution in [0.1, 0.15) is 20.8 Å². The van der Waals surface area contributed by atoms with Crippen LogP contribution in [0.3, 0.4) is 0 Å². The van der Waals surface area contributed by atoms with E-state index in [-0.39, 0.29) is 5.65 Å². The smallest absolute Gasteiger partial charge is 0.334 e. The second-order valence-electron chi connectivity index (χ2n) is 5.99. The molecule has 0 bridgehead atoms. The number of halogens is 3. The number of carbonyl (C=O) groups is 2. The number of hydrogen-bond donors (Lipinski definition) is 1. The molecule has 24 heavy (non-hydrogen) atoms. The van der Waals surface area contributed by atoms with Gasteiger partial charge in [0.05, 0.1) is 0 Å². The molecular formula is C13H14F3N5O3. The van der Waals surface area contributed by atoms with Crippen molar-refractivity contribution in [2.24, 2.45) is 5.41 Å². The number of pyridine rings is 1. The van der Waals surface area contributed by atoms with Crippen LogP contribution in [0, 0.1) is 5.41 Å². The van der Waals surface area contributed by atoms with Gasteiger partial charge in [0.15, 0.2) is 0 Å². The van der Waals surface area contributed by atoms with Crippen LogP contribution in [-0.2, 0) is 9.59 Å². The molecule has 1 amide bonds. The standard InChI is InChI=1S/C13H14F3N5O3/c1-12(2,3)8(18-11(23)13(14,15)16)10(22)24-21-9-7(19-20-21)5-4-6-17-9/h4-6,8H,1-3H3,(H,18,23)/t8-/m1/s1. The molecule has 1 atom stereocenters. The van der Waals surface area contributed by atoms with E-state index >= 15 is 0 Å². The number of carbonyl (C=O) groups excluding carboxylic acids is 2. The second kappa shape index (κ2) is 6.06. The van der Waals surface area contributed by atoms with Gasteiger partial charge in [-0.15, -0.1) is 5.10 Å². The average molecular weight is 345 g/mol. The monoisotopic (exact) mass is 345 g/mol. The zero-order valence-electron chi connectivity index (χ0n) is 13.0. The lowest BCUT2D eigenvalue weighted by Crippen LogP contribution is -2.55. The Bertz CT molecular complexity index is 766. The molecule has 0 unspecified atom stereocenters. The first-order valence-corrected chi connectivity index (χ1v) is 6.76. The fraction of sp³-hybridized carbons (Fsp3) is 0.462. The molecule has 0 aromatic carbocycles. The normalized spacial score (nSPS) is 13.6. The van der Waals surface area contributed by atoms with E-state index in [1.165, 1.54) is 27.0 Å². The highest BCUT2D eigenvalue weighted by molar-refractivity contribution is 5.88. The van der Waals surface area contributed by atoms with E-state index in [0.717, 1.165) is 0 Å². The first kappa shape index (κ1) is 17.6. The van der Waals surface area contributed by atoms with Gasteiger partial charge in [0, 0.05) is 6.20 Å². The van der Waals surface area contributed by atoms with Crippen LogP contribution in [0.2, 0.25) is 0 Å². The van der Waals surface area contributed by atoms with Crippen LogP contribution in [0.4, 0.5) is 13.2 Å². The number of rotatable bonds is 3. The highest BCUT2D eigenvalue weighted by atomic mass is 19.4. The minimum absolute atomic E-state index is 0.112. The first-order chi connectivity index (χ1) is 11.0. The lowest BCUT2D eigenvalue weighted by molar-refractivity contribution is -0.177. The molecule has 0 spiro atoms. The molecule has 0 saturated carbocycles. The molecule has 0 aliphatic carbocycles. The maximum Gasteiger partial charge on any atom is 0.471 e. The van der Waals surface area contributed by atoms with Crippen molar-refractivity contribution in [2.75, 3.05) is 0 Å². The van der Waals surface area contributed by atoms with Gasteiger partial charge in [-0.05, 0) is 27.6 Å². The van der Waals surface area contributed by atoms with Crippen LogP contribution in [0.5, 0.6) is 0 Å². The number of fused-ring (bicyclic) bond motifs is 1. The topological polar surface area (TPSA) is 99.0 Å². The minimum atomic E-state index is -5.12. The van der Waals surface area contributed by atoms with E-state index in [1.807, 2.05) is 0 Å². The van der Waals surface area contributed by atoms with Gasteiger partial charge in [0.25, 0.3) is 0 Å². The summed E-state index contributed by atoms with van der Waals surface area (Å²) in [4.78, 5) is 32.9. The molecular weight excluding hydrogens is 331 g/mol.